The molecule has 0 unspecified atom stereocenters. The van der Waals surface area contributed by atoms with Gasteiger partial charge >= 0.3 is 0 Å². The second-order valence-electron chi connectivity index (χ2n) is 7.35. The van der Waals surface area contributed by atoms with Crippen LogP contribution in [0.1, 0.15) is 18.4 Å². The van der Waals surface area contributed by atoms with Crippen molar-refractivity contribution in [3.63, 3.8) is 0 Å². The van der Waals surface area contributed by atoms with Gasteiger partial charge in [-0.05, 0) is 67.3 Å². The summed E-state index contributed by atoms with van der Waals surface area (Å²) in [6.07, 6.45) is 1.47. The van der Waals surface area contributed by atoms with Gasteiger partial charge in [0.25, 0.3) is 0 Å². The maximum Gasteiger partial charge on any atom is 0.243 e. The number of hydrogen-bond donors (Lipinski definition) is 1. The van der Waals surface area contributed by atoms with Crippen molar-refractivity contribution in [2.45, 2.75) is 24.2 Å². The second kappa shape index (κ2) is 10.1. The molecule has 31 heavy (non-hydrogen) atoms. The van der Waals surface area contributed by atoms with Crippen molar-refractivity contribution in [2.75, 3.05) is 33.9 Å². The van der Waals surface area contributed by atoms with Crippen LogP contribution in [0.3, 0.4) is 0 Å². The number of amides is 1. The van der Waals surface area contributed by atoms with Gasteiger partial charge in [-0.1, -0.05) is 0 Å². The monoisotopic (exact) mass is 450 g/mol. The number of nitrogens with zero attached hydrogens (tertiary/aromatic N) is 1. The van der Waals surface area contributed by atoms with Crippen LogP contribution in [0.5, 0.6) is 11.5 Å². The average molecular weight is 451 g/mol. The quantitative estimate of drug-likeness (QED) is 0.668. The van der Waals surface area contributed by atoms with E-state index in [4.69, 9.17) is 9.47 Å². The Balaban J connectivity index is 1.51. The van der Waals surface area contributed by atoms with Crippen molar-refractivity contribution in [1.82, 2.24) is 9.62 Å². The van der Waals surface area contributed by atoms with Gasteiger partial charge in [-0.3, -0.25) is 4.79 Å². The number of carbonyl (C=O) groups is 1. The molecule has 168 valence electrons. The molecule has 1 amide bonds. The lowest BCUT2D eigenvalue weighted by Gasteiger charge is -2.30. The third-order valence-corrected chi connectivity index (χ3v) is 7.37. The molecule has 1 saturated heterocycles. The molecule has 3 rings (SSSR count). The van der Waals surface area contributed by atoms with Gasteiger partial charge < -0.3 is 14.8 Å². The molecule has 1 N–H and O–H groups in total. The van der Waals surface area contributed by atoms with Crippen molar-refractivity contribution in [1.29, 1.82) is 0 Å². The SMILES string of the molecule is COc1ccc(OC)c(CCNC(=O)C2CCN(S(=O)(=O)c3ccc(F)cc3)CC2)c1. The topological polar surface area (TPSA) is 84.9 Å². The molecule has 1 heterocycles. The number of piperidine rings is 1. The van der Waals surface area contributed by atoms with E-state index in [9.17, 15) is 17.6 Å². The van der Waals surface area contributed by atoms with Gasteiger partial charge in [0.15, 0.2) is 0 Å². The van der Waals surface area contributed by atoms with Gasteiger partial charge in [-0.15, -0.1) is 0 Å². The van der Waals surface area contributed by atoms with E-state index >= 15 is 0 Å². The molecule has 0 aliphatic carbocycles. The fourth-order valence-corrected chi connectivity index (χ4v) is 5.13. The first kappa shape index (κ1) is 23.0. The standard InChI is InChI=1S/C22H27FN2O5S/c1-29-19-5-8-21(30-2)17(15-19)9-12-24-22(26)16-10-13-25(14-11-16)31(27,28)20-6-3-18(23)4-7-20/h3-8,15-16H,9-14H2,1-2H3,(H,24,26). The number of nitrogens with one attached hydrogen (secondary N) is 1. The average Bonchev–Trinajstić information content (AvgIpc) is 2.79. The van der Waals surface area contributed by atoms with Gasteiger partial charge in [-0.2, -0.15) is 4.31 Å². The van der Waals surface area contributed by atoms with Gasteiger partial charge in [0, 0.05) is 25.6 Å². The Morgan fingerprint density at radius 3 is 2.39 bits per heavy atom. The second-order valence-corrected chi connectivity index (χ2v) is 9.29. The van der Waals surface area contributed by atoms with Crippen LogP contribution in [0.4, 0.5) is 4.39 Å². The predicted octanol–water partition coefficient (Wildman–Crippen LogP) is 2.60. The van der Waals surface area contributed by atoms with Crippen LogP contribution in [0.2, 0.25) is 0 Å². The summed E-state index contributed by atoms with van der Waals surface area (Å²) in [5.41, 5.74) is 0.933. The molecule has 9 heteroatoms. The lowest BCUT2D eigenvalue weighted by Crippen LogP contribution is -2.43. The number of hydrogen-bond acceptors (Lipinski definition) is 5. The maximum absolute atomic E-state index is 13.1. The highest BCUT2D eigenvalue weighted by Gasteiger charge is 2.32. The smallest absolute Gasteiger partial charge is 0.243 e. The van der Waals surface area contributed by atoms with E-state index in [1.807, 2.05) is 18.2 Å². The Morgan fingerprint density at radius 1 is 1.10 bits per heavy atom. The molecule has 1 aliphatic rings. The summed E-state index contributed by atoms with van der Waals surface area (Å²) in [5.74, 6) is 0.639. The number of halogens is 1. The van der Waals surface area contributed by atoms with Crippen LogP contribution >= 0.6 is 0 Å². The molecule has 0 bridgehead atoms. The van der Waals surface area contributed by atoms with Gasteiger partial charge in [0.1, 0.15) is 17.3 Å². The molecular weight excluding hydrogens is 423 g/mol. The van der Waals surface area contributed by atoms with Gasteiger partial charge in [-0.25, -0.2) is 12.8 Å². The largest absolute Gasteiger partial charge is 0.497 e. The molecule has 7 nitrogen and oxygen atoms in total. The Kier molecular flexibility index (Phi) is 7.50. The van der Waals surface area contributed by atoms with E-state index in [1.54, 1.807) is 14.2 Å². The zero-order chi connectivity index (χ0) is 22.4. The number of carbonyl (C=O) groups excluding carboxylic acids is 1. The van der Waals surface area contributed by atoms with Crippen molar-refractivity contribution in [2.24, 2.45) is 5.92 Å². The molecule has 2 aromatic carbocycles. The highest BCUT2D eigenvalue weighted by atomic mass is 32.2. The predicted molar refractivity (Wildman–Crippen MR) is 114 cm³/mol. The van der Waals surface area contributed by atoms with Crippen LogP contribution in [0, 0.1) is 11.7 Å². The van der Waals surface area contributed by atoms with Crippen LogP contribution in [-0.4, -0.2) is 52.5 Å². The molecule has 1 aliphatic heterocycles. The molecule has 0 atom stereocenters. The van der Waals surface area contributed by atoms with E-state index in [2.05, 4.69) is 5.32 Å². The highest BCUT2D eigenvalue weighted by Crippen LogP contribution is 2.25. The minimum atomic E-state index is -3.69. The van der Waals surface area contributed by atoms with Crippen molar-refractivity contribution >= 4 is 15.9 Å². The van der Waals surface area contributed by atoms with Crippen LogP contribution in [0.25, 0.3) is 0 Å². The number of benzene rings is 2. The highest BCUT2D eigenvalue weighted by molar-refractivity contribution is 7.89. The molecule has 0 aromatic heterocycles. The lowest BCUT2D eigenvalue weighted by molar-refractivity contribution is -0.126. The first-order valence-corrected chi connectivity index (χ1v) is 11.5. The van der Waals surface area contributed by atoms with Crippen molar-refractivity contribution in [3.8, 4) is 11.5 Å². The minimum Gasteiger partial charge on any atom is -0.497 e. The van der Waals surface area contributed by atoms with E-state index in [0.717, 1.165) is 29.2 Å². The third-order valence-electron chi connectivity index (χ3n) is 5.46. The summed E-state index contributed by atoms with van der Waals surface area (Å²) in [7, 11) is -0.498. The molecule has 1 fully saturated rings. The van der Waals surface area contributed by atoms with E-state index < -0.39 is 15.8 Å². The number of methoxy groups -OCH3 is 2. The zero-order valence-electron chi connectivity index (χ0n) is 17.6. The van der Waals surface area contributed by atoms with Crippen molar-refractivity contribution < 1.29 is 27.1 Å². The van der Waals surface area contributed by atoms with Crippen LogP contribution in [0.15, 0.2) is 47.4 Å². The first-order chi connectivity index (χ1) is 14.8. The van der Waals surface area contributed by atoms with E-state index in [-0.39, 0.29) is 29.8 Å². The van der Waals surface area contributed by atoms with E-state index in [1.165, 1.54) is 16.4 Å². The maximum atomic E-state index is 13.1. The van der Waals surface area contributed by atoms with Crippen LogP contribution < -0.4 is 14.8 Å². The third kappa shape index (κ3) is 5.54. The summed E-state index contributed by atoms with van der Waals surface area (Å²) < 4.78 is 50.4. The minimum absolute atomic E-state index is 0.0593. The Bertz CT molecular complexity index is 1000. The van der Waals surface area contributed by atoms with Crippen LogP contribution in [-0.2, 0) is 21.2 Å². The van der Waals surface area contributed by atoms with Crippen molar-refractivity contribution in [3.05, 3.63) is 53.8 Å². The summed E-state index contributed by atoms with van der Waals surface area (Å²) in [6.45, 7) is 0.944. The normalized spacial score (nSPS) is 15.5. The van der Waals surface area contributed by atoms with E-state index in [0.29, 0.717) is 25.8 Å². The zero-order valence-corrected chi connectivity index (χ0v) is 18.5. The Morgan fingerprint density at radius 2 is 1.77 bits per heavy atom. The molecule has 2 aromatic rings. The Hall–Kier alpha value is -2.65. The fraction of sp³-hybridized carbons (Fsp3) is 0.409. The summed E-state index contributed by atoms with van der Waals surface area (Å²) >= 11 is 0. The number of sulfonamides is 1. The summed E-state index contributed by atoms with van der Waals surface area (Å²) in [6, 6.07) is 10.3. The number of ether oxygens (including phenoxy) is 2. The summed E-state index contributed by atoms with van der Waals surface area (Å²) in [5, 5.41) is 2.94. The lowest BCUT2D eigenvalue weighted by atomic mass is 9.97. The molecular formula is C22H27FN2O5S. The molecule has 0 saturated carbocycles. The molecule has 0 spiro atoms. The summed E-state index contributed by atoms with van der Waals surface area (Å²) in [4.78, 5) is 12.6. The van der Waals surface area contributed by atoms with Gasteiger partial charge in [0.2, 0.25) is 15.9 Å². The first-order valence-electron chi connectivity index (χ1n) is 10.1. The molecule has 0 radical (unpaired) electrons. The fourth-order valence-electron chi connectivity index (χ4n) is 3.66. The van der Waals surface area contributed by atoms with Gasteiger partial charge in [0.05, 0.1) is 19.1 Å². The Labute approximate surface area is 182 Å². The number of rotatable bonds is 8.